The number of rotatable bonds is 1. The van der Waals surface area contributed by atoms with Crippen LogP contribution in [-0.2, 0) is 0 Å². The molecule has 0 radical (unpaired) electrons. The molecule has 0 aliphatic heterocycles. The van der Waals surface area contributed by atoms with Gasteiger partial charge in [-0.15, -0.1) is 0 Å². The van der Waals surface area contributed by atoms with Gasteiger partial charge in [-0.05, 0) is 22.0 Å². The summed E-state index contributed by atoms with van der Waals surface area (Å²) in [7, 11) is 0. The fourth-order valence-electron chi connectivity index (χ4n) is 0.839. The number of nitrogens with two attached hydrogens (primary N) is 2. The number of aliphatic hydroxyl groups excluding tert-OH is 1. The third-order valence-corrected chi connectivity index (χ3v) is 2.10. The number of halogens is 2. The number of hydrogen-bond donors (Lipinski definition) is 3. The fraction of sp³-hybridized carbons (Fsp3) is 0.143. The van der Waals surface area contributed by atoms with Crippen LogP contribution >= 0.6 is 15.9 Å². The molecule has 1 atom stereocenters. The monoisotopic (exact) mass is 234 g/mol. The zero-order valence-corrected chi connectivity index (χ0v) is 7.68. The van der Waals surface area contributed by atoms with E-state index in [1.165, 1.54) is 12.1 Å². The molecular formula is C7H8BrFN2O. The summed E-state index contributed by atoms with van der Waals surface area (Å²) in [5.74, 6) is -0.600. The maximum atomic E-state index is 13.0. The van der Waals surface area contributed by atoms with Crippen LogP contribution in [0.4, 0.5) is 10.1 Å². The number of hydrogen-bond acceptors (Lipinski definition) is 3. The van der Waals surface area contributed by atoms with E-state index in [-0.39, 0.29) is 15.7 Å². The molecule has 0 saturated carbocycles. The molecule has 0 saturated heterocycles. The lowest BCUT2D eigenvalue weighted by Gasteiger charge is -2.09. The van der Waals surface area contributed by atoms with E-state index in [1.807, 2.05) is 0 Å². The van der Waals surface area contributed by atoms with Crippen LogP contribution in [0.2, 0.25) is 0 Å². The van der Waals surface area contributed by atoms with Crippen molar-refractivity contribution < 1.29 is 9.50 Å². The molecule has 0 aliphatic rings. The highest BCUT2D eigenvalue weighted by atomic mass is 79.9. The van der Waals surface area contributed by atoms with Crippen molar-refractivity contribution in [1.29, 1.82) is 0 Å². The predicted molar refractivity (Wildman–Crippen MR) is 47.7 cm³/mol. The first-order valence-corrected chi connectivity index (χ1v) is 4.00. The van der Waals surface area contributed by atoms with Crippen molar-refractivity contribution in [3.8, 4) is 0 Å². The molecule has 0 aliphatic carbocycles. The average Bonchev–Trinajstić information content (AvgIpc) is 2.00. The Balaban J connectivity index is 3.27. The lowest BCUT2D eigenvalue weighted by molar-refractivity contribution is 0.186. The van der Waals surface area contributed by atoms with Crippen molar-refractivity contribution in [2.45, 2.75) is 6.23 Å². The second kappa shape index (κ2) is 3.38. The van der Waals surface area contributed by atoms with Crippen LogP contribution in [0.1, 0.15) is 11.8 Å². The quantitative estimate of drug-likeness (QED) is 0.504. The highest BCUT2D eigenvalue weighted by molar-refractivity contribution is 9.10. The Morgan fingerprint density at radius 1 is 1.50 bits per heavy atom. The van der Waals surface area contributed by atoms with E-state index < -0.39 is 12.0 Å². The summed E-state index contributed by atoms with van der Waals surface area (Å²) in [5, 5.41) is 8.94. The molecule has 1 rings (SSSR count). The zero-order chi connectivity index (χ0) is 9.30. The van der Waals surface area contributed by atoms with Crippen molar-refractivity contribution in [1.82, 2.24) is 0 Å². The second-order valence-corrected chi connectivity index (χ2v) is 3.16. The summed E-state index contributed by atoms with van der Waals surface area (Å²) < 4.78 is 13.3. The minimum absolute atomic E-state index is 0.126. The third-order valence-electron chi connectivity index (χ3n) is 1.49. The van der Waals surface area contributed by atoms with Crippen LogP contribution in [0.25, 0.3) is 0 Å². The number of benzene rings is 1. The van der Waals surface area contributed by atoms with E-state index in [9.17, 15) is 4.39 Å². The molecule has 0 spiro atoms. The van der Waals surface area contributed by atoms with E-state index in [1.54, 1.807) is 0 Å². The average molecular weight is 235 g/mol. The van der Waals surface area contributed by atoms with E-state index in [2.05, 4.69) is 15.9 Å². The summed E-state index contributed by atoms with van der Waals surface area (Å²) in [6.07, 6.45) is -1.24. The highest BCUT2D eigenvalue weighted by Crippen LogP contribution is 2.26. The molecule has 1 aromatic carbocycles. The molecule has 0 bridgehead atoms. The Labute approximate surface area is 77.3 Å². The van der Waals surface area contributed by atoms with Gasteiger partial charge in [0.15, 0.2) is 5.82 Å². The van der Waals surface area contributed by atoms with Crippen molar-refractivity contribution in [3.05, 3.63) is 28.0 Å². The predicted octanol–water partition coefficient (Wildman–Crippen LogP) is 1.12. The summed E-state index contributed by atoms with van der Waals surface area (Å²) in [4.78, 5) is 0. The molecule has 1 unspecified atom stereocenters. The van der Waals surface area contributed by atoms with Gasteiger partial charge >= 0.3 is 0 Å². The van der Waals surface area contributed by atoms with Crippen molar-refractivity contribution in [3.63, 3.8) is 0 Å². The molecular weight excluding hydrogens is 227 g/mol. The first kappa shape index (κ1) is 9.44. The first-order chi connectivity index (χ1) is 5.54. The van der Waals surface area contributed by atoms with E-state index in [0.29, 0.717) is 0 Å². The molecule has 5 N–H and O–H groups in total. The molecule has 0 aromatic heterocycles. The Bertz CT molecular complexity index is 304. The van der Waals surface area contributed by atoms with Gasteiger partial charge < -0.3 is 16.6 Å². The highest BCUT2D eigenvalue weighted by Gasteiger charge is 2.12. The van der Waals surface area contributed by atoms with Gasteiger partial charge in [-0.2, -0.15) is 0 Å². The lowest BCUT2D eigenvalue weighted by Crippen LogP contribution is -2.12. The lowest BCUT2D eigenvalue weighted by atomic mass is 10.1. The largest absolute Gasteiger partial charge is 0.396 e. The maximum absolute atomic E-state index is 13.0. The van der Waals surface area contributed by atoms with Gasteiger partial charge in [0.25, 0.3) is 0 Å². The van der Waals surface area contributed by atoms with Gasteiger partial charge in [-0.1, -0.05) is 6.07 Å². The van der Waals surface area contributed by atoms with Crippen LogP contribution in [0.3, 0.4) is 0 Å². The number of nitrogen functional groups attached to an aromatic ring is 1. The van der Waals surface area contributed by atoms with Crippen LogP contribution in [0, 0.1) is 5.82 Å². The number of anilines is 1. The van der Waals surface area contributed by atoms with Crippen LogP contribution in [-0.4, -0.2) is 5.11 Å². The second-order valence-electron chi connectivity index (χ2n) is 2.31. The Hall–Kier alpha value is -0.650. The zero-order valence-electron chi connectivity index (χ0n) is 6.09. The summed E-state index contributed by atoms with van der Waals surface area (Å²) in [6, 6.07) is 2.91. The molecule has 1 aromatic rings. The van der Waals surface area contributed by atoms with Crippen LogP contribution < -0.4 is 11.5 Å². The molecule has 3 nitrogen and oxygen atoms in total. The standard InChI is InChI=1S/C7H8BrFN2O/c8-4-2-1-3(7(11)12)6(10)5(4)9/h1-2,7,12H,10-11H2. The van der Waals surface area contributed by atoms with Gasteiger partial charge in [0, 0.05) is 5.56 Å². The smallest absolute Gasteiger partial charge is 0.160 e. The SMILES string of the molecule is Nc1c(C(N)O)ccc(Br)c1F. The van der Waals surface area contributed by atoms with Crippen LogP contribution in [0.15, 0.2) is 16.6 Å². The minimum atomic E-state index is -1.24. The van der Waals surface area contributed by atoms with E-state index in [4.69, 9.17) is 16.6 Å². The maximum Gasteiger partial charge on any atom is 0.160 e. The van der Waals surface area contributed by atoms with Gasteiger partial charge in [0.1, 0.15) is 6.23 Å². The van der Waals surface area contributed by atoms with Crippen molar-refractivity contribution in [2.75, 3.05) is 5.73 Å². The minimum Gasteiger partial charge on any atom is -0.396 e. The Morgan fingerprint density at radius 3 is 2.58 bits per heavy atom. The first-order valence-electron chi connectivity index (χ1n) is 3.21. The van der Waals surface area contributed by atoms with E-state index >= 15 is 0 Å². The molecule has 0 amide bonds. The topological polar surface area (TPSA) is 72.3 Å². The van der Waals surface area contributed by atoms with Crippen molar-refractivity contribution >= 4 is 21.6 Å². The molecule has 0 heterocycles. The van der Waals surface area contributed by atoms with E-state index in [0.717, 1.165) is 0 Å². The fourth-order valence-corrected chi connectivity index (χ4v) is 1.18. The normalized spacial score (nSPS) is 13.0. The van der Waals surface area contributed by atoms with Gasteiger partial charge in [0.2, 0.25) is 0 Å². The van der Waals surface area contributed by atoms with Gasteiger partial charge in [-0.3, -0.25) is 0 Å². The Morgan fingerprint density at radius 2 is 2.08 bits per heavy atom. The molecule has 5 heteroatoms. The number of aliphatic hydroxyl groups is 1. The third kappa shape index (κ3) is 1.57. The Kier molecular flexibility index (Phi) is 2.66. The van der Waals surface area contributed by atoms with Gasteiger partial charge in [-0.25, -0.2) is 4.39 Å². The molecule has 0 fully saturated rings. The molecule has 66 valence electrons. The molecule has 12 heavy (non-hydrogen) atoms. The summed E-state index contributed by atoms with van der Waals surface area (Å²) in [5.41, 5.74) is 10.5. The summed E-state index contributed by atoms with van der Waals surface area (Å²) in [6.45, 7) is 0. The summed E-state index contributed by atoms with van der Waals surface area (Å²) >= 11 is 2.95. The van der Waals surface area contributed by atoms with Gasteiger partial charge in [0.05, 0.1) is 10.2 Å². The van der Waals surface area contributed by atoms with Crippen molar-refractivity contribution in [2.24, 2.45) is 5.73 Å². The van der Waals surface area contributed by atoms with Crippen LogP contribution in [0.5, 0.6) is 0 Å².